The first-order chi connectivity index (χ1) is 8.00. The van der Waals surface area contributed by atoms with Crippen LogP contribution in [0.1, 0.15) is 26.2 Å². The molecule has 0 aromatic carbocycles. The van der Waals surface area contributed by atoms with Crippen molar-refractivity contribution in [3.8, 4) is 0 Å². The molecular formula is C11H14BrN3O2. The molecule has 0 bridgehead atoms. The predicted octanol–water partition coefficient (Wildman–Crippen LogP) is 3.35. The SMILES string of the molecule is CC1(CNc2ncc([N+](=O)[O-])cc2Br)CCC1. The standard InChI is InChI=1S/C11H14BrN3O2/c1-11(3-2-4-11)7-14-10-9(12)5-8(6-13-10)15(16)17/h5-6H,2-4,7H2,1H3,(H,13,14). The van der Waals surface area contributed by atoms with Gasteiger partial charge in [0.2, 0.25) is 0 Å². The van der Waals surface area contributed by atoms with Gasteiger partial charge >= 0.3 is 0 Å². The van der Waals surface area contributed by atoms with E-state index in [0.717, 1.165) is 6.54 Å². The molecule has 0 saturated heterocycles. The molecular weight excluding hydrogens is 286 g/mol. The number of nitrogens with zero attached hydrogens (tertiary/aromatic N) is 2. The van der Waals surface area contributed by atoms with Crippen LogP contribution < -0.4 is 5.32 Å². The van der Waals surface area contributed by atoms with Crippen molar-refractivity contribution in [3.63, 3.8) is 0 Å². The van der Waals surface area contributed by atoms with E-state index in [2.05, 4.69) is 33.2 Å². The van der Waals surface area contributed by atoms with E-state index in [1.54, 1.807) is 0 Å². The van der Waals surface area contributed by atoms with Crippen molar-refractivity contribution in [2.45, 2.75) is 26.2 Å². The highest BCUT2D eigenvalue weighted by Gasteiger charge is 2.31. The summed E-state index contributed by atoms with van der Waals surface area (Å²) in [7, 11) is 0. The minimum atomic E-state index is -0.450. The molecule has 0 unspecified atom stereocenters. The summed E-state index contributed by atoms with van der Waals surface area (Å²) in [4.78, 5) is 14.2. The molecule has 1 fully saturated rings. The molecule has 0 amide bonds. The molecule has 92 valence electrons. The third kappa shape index (κ3) is 2.74. The van der Waals surface area contributed by atoms with Crippen LogP contribution in [0.15, 0.2) is 16.7 Å². The van der Waals surface area contributed by atoms with Crippen molar-refractivity contribution < 1.29 is 4.92 Å². The Balaban J connectivity index is 2.03. The van der Waals surface area contributed by atoms with Gasteiger partial charge in [-0.1, -0.05) is 13.3 Å². The Morgan fingerprint density at radius 3 is 2.82 bits per heavy atom. The van der Waals surface area contributed by atoms with Crippen LogP contribution in [0.2, 0.25) is 0 Å². The maximum Gasteiger partial charge on any atom is 0.288 e. The Morgan fingerprint density at radius 1 is 1.65 bits per heavy atom. The van der Waals surface area contributed by atoms with Crippen LogP contribution in [-0.2, 0) is 0 Å². The van der Waals surface area contributed by atoms with Gasteiger partial charge in [0.25, 0.3) is 5.69 Å². The van der Waals surface area contributed by atoms with Crippen LogP contribution in [0.3, 0.4) is 0 Å². The molecule has 1 aromatic rings. The van der Waals surface area contributed by atoms with Gasteiger partial charge < -0.3 is 5.32 Å². The number of halogens is 1. The third-order valence-corrected chi connectivity index (χ3v) is 3.89. The number of nitrogens with one attached hydrogen (secondary N) is 1. The highest BCUT2D eigenvalue weighted by Crippen LogP contribution is 2.40. The van der Waals surface area contributed by atoms with Gasteiger partial charge in [-0.2, -0.15) is 0 Å². The van der Waals surface area contributed by atoms with Gasteiger partial charge in [-0.3, -0.25) is 10.1 Å². The predicted molar refractivity (Wildman–Crippen MR) is 69.0 cm³/mol. The van der Waals surface area contributed by atoms with Crippen molar-refractivity contribution in [2.75, 3.05) is 11.9 Å². The largest absolute Gasteiger partial charge is 0.369 e. The molecule has 2 rings (SSSR count). The highest BCUT2D eigenvalue weighted by atomic mass is 79.9. The summed E-state index contributed by atoms with van der Waals surface area (Å²) in [6.07, 6.45) is 5.01. The summed E-state index contributed by atoms with van der Waals surface area (Å²) in [5, 5.41) is 13.8. The number of hydrogen-bond acceptors (Lipinski definition) is 4. The van der Waals surface area contributed by atoms with Crippen molar-refractivity contribution >= 4 is 27.4 Å². The minimum Gasteiger partial charge on any atom is -0.369 e. The Kier molecular flexibility index (Phi) is 3.33. The maximum atomic E-state index is 10.6. The average Bonchev–Trinajstić information content (AvgIpc) is 2.24. The molecule has 1 saturated carbocycles. The zero-order chi connectivity index (χ0) is 12.5. The lowest BCUT2D eigenvalue weighted by atomic mass is 9.70. The number of rotatable bonds is 4. The molecule has 17 heavy (non-hydrogen) atoms. The van der Waals surface area contributed by atoms with Gasteiger partial charge in [0.1, 0.15) is 12.0 Å². The third-order valence-electron chi connectivity index (χ3n) is 3.28. The number of nitro groups is 1. The average molecular weight is 300 g/mol. The van der Waals surface area contributed by atoms with Gasteiger partial charge in [-0.15, -0.1) is 0 Å². The summed E-state index contributed by atoms with van der Waals surface area (Å²) in [5.74, 6) is 0.670. The van der Waals surface area contributed by atoms with E-state index in [9.17, 15) is 10.1 Å². The first kappa shape index (κ1) is 12.3. The fraction of sp³-hybridized carbons (Fsp3) is 0.545. The quantitative estimate of drug-likeness (QED) is 0.684. The summed E-state index contributed by atoms with van der Waals surface area (Å²) >= 11 is 3.29. The fourth-order valence-corrected chi connectivity index (χ4v) is 2.39. The van der Waals surface area contributed by atoms with E-state index < -0.39 is 4.92 Å². The maximum absolute atomic E-state index is 10.6. The lowest BCUT2D eigenvalue weighted by molar-refractivity contribution is -0.385. The molecule has 5 nitrogen and oxygen atoms in total. The Bertz CT molecular complexity index is 446. The van der Waals surface area contributed by atoms with Crippen LogP contribution >= 0.6 is 15.9 Å². The first-order valence-electron chi connectivity index (χ1n) is 5.54. The van der Waals surface area contributed by atoms with Crippen LogP contribution in [0, 0.1) is 15.5 Å². The molecule has 1 aliphatic rings. The summed E-state index contributed by atoms with van der Waals surface area (Å²) in [6.45, 7) is 3.10. The van der Waals surface area contributed by atoms with Gasteiger partial charge in [0.05, 0.1) is 9.40 Å². The highest BCUT2D eigenvalue weighted by molar-refractivity contribution is 9.10. The summed E-state index contributed by atoms with van der Waals surface area (Å²) in [6, 6.07) is 1.47. The van der Waals surface area contributed by atoms with E-state index in [0.29, 0.717) is 15.7 Å². The number of anilines is 1. The van der Waals surface area contributed by atoms with Crippen LogP contribution in [-0.4, -0.2) is 16.5 Å². The van der Waals surface area contributed by atoms with E-state index in [1.165, 1.54) is 31.5 Å². The van der Waals surface area contributed by atoms with E-state index in [4.69, 9.17) is 0 Å². The van der Waals surface area contributed by atoms with E-state index in [1.807, 2.05) is 0 Å². The molecule has 1 heterocycles. The van der Waals surface area contributed by atoms with Gasteiger partial charge in [-0.25, -0.2) is 4.98 Å². The Morgan fingerprint density at radius 2 is 2.35 bits per heavy atom. The smallest absolute Gasteiger partial charge is 0.288 e. The lowest BCUT2D eigenvalue weighted by Gasteiger charge is -2.38. The second-order valence-corrected chi connectivity index (χ2v) is 5.65. The van der Waals surface area contributed by atoms with Crippen molar-refractivity contribution in [3.05, 3.63) is 26.9 Å². The van der Waals surface area contributed by atoms with Gasteiger partial charge in [-0.05, 0) is 34.2 Å². The summed E-state index contributed by atoms with van der Waals surface area (Å²) < 4.78 is 0.634. The van der Waals surface area contributed by atoms with E-state index >= 15 is 0 Å². The van der Waals surface area contributed by atoms with Crippen LogP contribution in [0.5, 0.6) is 0 Å². The fourth-order valence-electron chi connectivity index (χ4n) is 1.91. The summed E-state index contributed by atoms with van der Waals surface area (Å²) in [5.41, 5.74) is 0.348. The number of pyridine rings is 1. The number of aromatic nitrogens is 1. The Hall–Kier alpha value is -1.17. The second kappa shape index (κ2) is 4.60. The van der Waals surface area contributed by atoms with Crippen molar-refractivity contribution in [1.82, 2.24) is 4.98 Å². The molecule has 0 aliphatic heterocycles. The first-order valence-corrected chi connectivity index (χ1v) is 6.33. The lowest BCUT2D eigenvalue weighted by Crippen LogP contribution is -2.33. The van der Waals surface area contributed by atoms with E-state index in [-0.39, 0.29) is 5.69 Å². The molecule has 6 heteroatoms. The van der Waals surface area contributed by atoms with Crippen LogP contribution in [0.4, 0.5) is 11.5 Å². The second-order valence-electron chi connectivity index (χ2n) is 4.80. The zero-order valence-corrected chi connectivity index (χ0v) is 11.2. The molecule has 0 spiro atoms. The Labute approximate surface area is 108 Å². The van der Waals surface area contributed by atoms with Crippen LogP contribution in [0.25, 0.3) is 0 Å². The topological polar surface area (TPSA) is 68.1 Å². The van der Waals surface area contributed by atoms with Gasteiger partial charge in [0.15, 0.2) is 0 Å². The minimum absolute atomic E-state index is 0.00252. The van der Waals surface area contributed by atoms with Crippen molar-refractivity contribution in [1.29, 1.82) is 0 Å². The molecule has 1 aliphatic carbocycles. The normalized spacial score (nSPS) is 17.3. The molecule has 1 aromatic heterocycles. The monoisotopic (exact) mass is 299 g/mol. The molecule has 0 radical (unpaired) electrons. The zero-order valence-electron chi connectivity index (χ0n) is 9.57. The van der Waals surface area contributed by atoms with Gasteiger partial charge in [0, 0.05) is 12.6 Å². The molecule has 1 N–H and O–H groups in total. The molecule has 0 atom stereocenters. The number of hydrogen-bond donors (Lipinski definition) is 1. The van der Waals surface area contributed by atoms with Crippen molar-refractivity contribution in [2.24, 2.45) is 5.41 Å².